The number of rotatable bonds is 2. The maximum Gasteiger partial charge on any atom is 0.150 e. The van der Waals surface area contributed by atoms with Gasteiger partial charge in [-0.25, -0.2) is 0 Å². The van der Waals surface area contributed by atoms with E-state index in [1.807, 2.05) is 35.6 Å². The summed E-state index contributed by atoms with van der Waals surface area (Å²) in [7, 11) is 0. The summed E-state index contributed by atoms with van der Waals surface area (Å²) in [5.74, 6) is 0. The highest BCUT2D eigenvalue weighted by atomic mass is 32.1. The molecule has 2 rings (SSSR count). The third kappa shape index (κ3) is 1.81. The molecule has 82 valence electrons. The van der Waals surface area contributed by atoms with Gasteiger partial charge >= 0.3 is 0 Å². The van der Waals surface area contributed by atoms with E-state index in [1.54, 1.807) is 0 Å². The Morgan fingerprint density at radius 3 is 2.06 bits per heavy atom. The lowest BCUT2D eigenvalue weighted by molar-refractivity contribution is 0.112. The minimum absolute atomic E-state index is 0.728. The third-order valence-electron chi connectivity index (χ3n) is 3.00. The zero-order valence-electron chi connectivity index (χ0n) is 9.70. The fraction of sp³-hybridized carbons (Fsp3) is 0.214. The van der Waals surface area contributed by atoms with Crippen molar-refractivity contribution in [1.29, 1.82) is 0 Å². The van der Waals surface area contributed by atoms with Crippen molar-refractivity contribution < 1.29 is 4.79 Å². The SMILES string of the molecule is Cc1sc(-c2ccc(C=O)cc2)c(C)c1C. The van der Waals surface area contributed by atoms with Crippen LogP contribution in [0.15, 0.2) is 24.3 Å². The van der Waals surface area contributed by atoms with E-state index in [4.69, 9.17) is 0 Å². The predicted octanol–water partition coefficient (Wildman–Crippen LogP) is 4.15. The maximum atomic E-state index is 10.6. The molecule has 2 aromatic rings. The lowest BCUT2D eigenvalue weighted by atomic mass is 10.1. The number of thiophene rings is 1. The van der Waals surface area contributed by atoms with E-state index in [9.17, 15) is 4.79 Å². The van der Waals surface area contributed by atoms with Gasteiger partial charge in [-0.2, -0.15) is 0 Å². The van der Waals surface area contributed by atoms with E-state index in [-0.39, 0.29) is 0 Å². The van der Waals surface area contributed by atoms with Crippen LogP contribution in [0.5, 0.6) is 0 Å². The van der Waals surface area contributed by atoms with Gasteiger partial charge in [0.2, 0.25) is 0 Å². The van der Waals surface area contributed by atoms with Gasteiger partial charge in [0.25, 0.3) is 0 Å². The molecule has 0 unspecified atom stereocenters. The van der Waals surface area contributed by atoms with Crippen molar-refractivity contribution in [3.05, 3.63) is 45.8 Å². The van der Waals surface area contributed by atoms with Crippen molar-refractivity contribution in [3.63, 3.8) is 0 Å². The second kappa shape index (κ2) is 4.22. The monoisotopic (exact) mass is 230 g/mol. The molecule has 1 aromatic carbocycles. The quantitative estimate of drug-likeness (QED) is 0.708. The van der Waals surface area contributed by atoms with Gasteiger partial charge in [-0.1, -0.05) is 24.3 Å². The smallest absolute Gasteiger partial charge is 0.150 e. The van der Waals surface area contributed by atoms with Crippen LogP contribution in [0.2, 0.25) is 0 Å². The Hall–Kier alpha value is -1.41. The Labute approximate surface area is 99.8 Å². The van der Waals surface area contributed by atoms with Crippen LogP contribution in [0.25, 0.3) is 10.4 Å². The van der Waals surface area contributed by atoms with Gasteiger partial charge in [-0.15, -0.1) is 11.3 Å². The molecular formula is C14H14OS. The summed E-state index contributed by atoms with van der Waals surface area (Å²) in [5.41, 5.74) is 4.65. The van der Waals surface area contributed by atoms with Crippen molar-refractivity contribution in [2.45, 2.75) is 20.8 Å². The van der Waals surface area contributed by atoms with Crippen LogP contribution in [0.1, 0.15) is 26.4 Å². The molecule has 0 radical (unpaired) electrons. The van der Waals surface area contributed by atoms with Crippen LogP contribution < -0.4 is 0 Å². The van der Waals surface area contributed by atoms with Gasteiger partial charge in [-0.05, 0) is 37.5 Å². The van der Waals surface area contributed by atoms with E-state index in [0.717, 1.165) is 11.8 Å². The van der Waals surface area contributed by atoms with Crippen LogP contribution >= 0.6 is 11.3 Å². The molecule has 0 atom stereocenters. The molecule has 0 aliphatic carbocycles. The van der Waals surface area contributed by atoms with Gasteiger partial charge in [0.1, 0.15) is 6.29 Å². The van der Waals surface area contributed by atoms with E-state index < -0.39 is 0 Å². The van der Waals surface area contributed by atoms with E-state index in [0.29, 0.717) is 0 Å². The molecule has 0 saturated carbocycles. The number of carbonyl (C=O) groups is 1. The Bertz CT molecular complexity index is 520. The Morgan fingerprint density at radius 1 is 1.00 bits per heavy atom. The first-order chi connectivity index (χ1) is 7.63. The molecule has 0 N–H and O–H groups in total. The van der Waals surface area contributed by atoms with Crippen LogP contribution in [0.3, 0.4) is 0 Å². The lowest BCUT2D eigenvalue weighted by Crippen LogP contribution is -1.81. The molecule has 0 aliphatic rings. The van der Waals surface area contributed by atoms with Crippen LogP contribution in [0, 0.1) is 20.8 Å². The fourth-order valence-electron chi connectivity index (χ4n) is 1.73. The summed E-state index contributed by atoms with van der Waals surface area (Å²) >= 11 is 1.82. The zero-order valence-corrected chi connectivity index (χ0v) is 10.5. The van der Waals surface area contributed by atoms with E-state index >= 15 is 0 Å². The normalized spacial score (nSPS) is 10.4. The predicted molar refractivity (Wildman–Crippen MR) is 69.4 cm³/mol. The van der Waals surface area contributed by atoms with Crippen LogP contribution in [-0.2, 0) is 0 Å². The molecular weight excluding hydrogens is 216 g/mol. The van der Waals surface area contributed by atoms with Gasteiger partial charge in [0.15, 0.2) is 0 Å². The summed E-state index contributed by atoms with van der Waals surface area (Å²) in [4.78, 5) is 13.3. The van der Waals surface area contributed by atoms with Crippen molar-refractivity contribution in [2.24, 2.45) is 0 Å². The first-order valence-corrected chi connectivity index (χ1v) is 6.07. The topological polar surface area (TPSA) is 17.1 Å². The van der Waals surface area contributed by atoms with E-state index in [1.165, 1.54) is 26.4 Å². The highest BCUT2D eigenvalue weighted by molar-refractivity contribution is 7.15. The molecule has 16 heavy (non-hydrogen) atoms. The maximum absolute atomic E-state index is 10.6. The van der Waals surface area contributed by atoms with Crippen molar-refractivity contribution >= 4 is 17.6 Å². The number of aryl methyl sites for hydroxylation is 1. The minimum Gasteiger partial charge on any atom is -0.298 e. The summed E-state index contributed by atoms with van der Waals surface area (Å²) in [5, 5.41) is 0. The Kier molecular flexibility index (Phi) is 2.92. The first kappa shape index (κ1) is 11.1. The molecule has 0 amide bonds. The molecule has 0 spiro atoms. The summed E-state index contributed by atoms with van der Waals surface area (Å²) in [6.07, 6.45) is 0.877. The van der Waals surface area contributed by atoms with E-state index in [2.05, 4.69) is 20.8 Å². The van der Waals surface area contributed by atoms with Gasteiger partial charge in [0, 0.05) is 15.3 Å². The summed E-state index contributed by atoms with van der Waals surface area (Å²) in [6, 6.07) is 7.77. The molecule has 1 aromatic heterocycles. The third-order valence-corrected chi connectivity index (χ3v) is 4.35. The average Bonchev–Trinajstić information content (AvgIpc) is 2.57. The first-order valence-electron chi connectivity index (χ1n) is 5.25. The fourth-order valence-corrected chi connectivity index (χ4v) is 2.90. The molecule has 0 fully saturated rings. The number of benzene rings is 1. The van der Waals surface area contributed by atoms with Crippen molar-refractivity contribution in [3.8, 4) is 10.4 Å². The van der Waals surface area contributed by atoms with Gasteiger partial charge in [0.05, 0.1) is 0 Å². The Balaban J connectivity index is 2.50. The number of hydrogen-bond acceptors (Lipinski definition) is 2. The molecule has 1 heterocycles. The van der Waals surface area contributed by atoms with Gasteiger partial charge < -0.3 is 0 Å². The highest BCUT2D eigenvalue weighted by Crippen LogP contribution is 2.35. The second-order valence-corrected chi connectivity index (χ2v) is 5.20. The molecule has 0 aliphatic heterocycles. The lowest BCUT2D eigenvalue weighted by Gasteiger charge is -2.00. The zero-order chi connectivity index (χ0) is 11.7. The van der Waals surface area contributed by atoms with Crippen LogP contribution in [0.4, 0.5) is 0 Å². The molecule has 1 nitrogen and oxygen atoms in total. The standard InChI is InChI=1S/C14H14OS/c1-9-10(2)14(16-11(9)3)13-6-4-12(8-15)5-7-13/h4-8H,1-3H3. The summed E-state index contributed by atoms with van der Waals surface area (Å²) in [6.45, 7) is 6.46. The summed E-state index contributed by atoms with van der Waals surface area (Å²) < 4.78 is 0. The minimum atomic E-state index is 0.728. The van der Waals surface area contributed by atoms with Gasteiger partial charge in [-0.3, -0.25) is 4.79 Å². The number of carbonyl (C=O) groups excluding carboxylic acids is 1. The molecule has 0 saturated heterocycles. The highest BCUT2D eigenvalue weighted by Gasteiger charge is 2.09. The molecule has 2 heteroatoms. The Morgan fingerprint density at radius 2 is 1.62 bits per heavy atom. The van der Waals surface area contributed by atoms with Crippen molar-refractivity contribution in [2.75, 3.05) is 0 Å². The number of aldehydes is 1. The largest absolute Gasteiger partial charge is 0.298 e. The van der Waals surface area contributed by atoms with Crippen molar-refractivity contribution in [1.82, 2.24) is 0 Å². The second-order valence-electron chi connectivity index (χ2n) is 3.98. The number of hydrogen-bond donors (Lipinski definition) is 0. The average molecular weight is 230 g/mol. The van der Waals surface area contributed by atoms with Crippen LogP contribution in [-0.4, -0.2) is 6.29 Å². The molecule has 0 bridgehead atoms.